The van der Waals surface area contributed by atoms with Gasteiger partial charge in [-0.1, -0.05) is 23.7 Å². The molecule has 0 amide bonds. The molecule has 4 rings (SSSR count). The normalized spacial score (nSPS) is 11.1. The minimum absolute atomic E-state index is 0.308. The Kier molecular flexibility index (Phi) is 6.29. The Morgan fingerprint density at radius 1 is 1.09 bits per heavy atom. The fraction of sp³-hybridized carbons (Fsp3) is 0.292. The highest BCUT2D eigenvalue weighted by Crippen LogP contribution is 2.27. The molecule has 0 unspecified atom stereocenters. The lowest BCUT2D eigenvalue weighted by Crippen LogP contribution is -2.09. The van der Waals surface area contributed by atoms with Crippen LogP contribution in [0.5, 0.6) is 0 Å². The van der Waals surface area contributed by atoms with Crippen LogP contribution in [0.4, 0.5) is 0 Å². The minimum atomic E-state index is -0.381. The number of rotatable bonds is 6. The summed E-state index contributed by atoms with van der Waals surface area (Å²) in [5, 5.41) is 9.92. The van der Waals surface area contributed by atoms with E-state index in [0.29, 0.717) is 40.8 Å². The van der Waals surface area contributed by atoms with Gasteiger partial charge in [0.25, 0.3) is 0 Å². The topological polar surface area (TPSA) is 87.7 Å². The number of esters is 1. The first-order chi connectivity index (χ1) is 15.8. The molecule has 0 aliphatic carbocycles. The zero-order chi connectivity index (χ0) is 23.7. The fourth-order valence-electron chi connectivity index (χ4n) is 3.93. The third-order valence-electron chi connectivity index (χ3n) is 5.59. The second-order valence-electron chi connectivity index (χ2n) is 7.77. The van der Waals surface area contributed by atoms with Crippen LogP contribution in [0.3, 0.4) is 0 Å². The molecule has 9 heteroatoms. The average molecular weight is 465 g/mol. The van der Waals surface area contributed by atoms with Crippen molar-refractivity contribution in [3.05, 3.63) is 75.6 Å². The number of carbonyl (C=O) groups excluding carboxylic acids is 1. The van der Waals surface area contributed by atoms with Gasteiger partial charge in [-0.05, 0) is 45.4 Å². The summed E-state index contributed by atoms with van der Waals surface area (Å²) in [7, 11) is 1.93. The van der Waals surface area contributed by atoms with Gasteiger partial charge < -0.3 is 4.74 Å². The zero-order valence-electron chi connectivity index (χ0n) is 19.3. The summed E-state index contributed by atoms with van der Waals surface area (Å²) in [6, 6.07) is 9.53. The second-order valence-corrected chi connectivity index (χ2v) is 8.21. The molecule has 1 aromatic carbocycles. The first-order valence-corrected chi connectivity index (χ1v) is 11.0. The van der Waals surface area contributed by atoms with Crippen LogP contribution < -0.4 is 0 Å². The van der Waals surface area contributed by atoms with Crippen LogP contribution in [0, 0.1) is 20.8 Å². The first kappa shape index (κ1) is 22.7. The van der Waals surface area contributed by atoms with E-state index < -0.39 is 0 Å². The molecule has 0 N–H and O–H groups in total. The lowest BCUT2D eigenvalue weighted by atomic mass is 10.0. The number of aryl methyl sites for hydroxylation is 2. The lowest BCUT2D eigenvalue weighted by molar-refractivity contribution is 0.0524. The predicted molar refractivity (Wildman–Crippen MR) is 126 cm³/mol. The molecule has 33 heavy (non-hydrogen) atoms. The van der Waals surface area contributed by atoms with Crippen molar-refractivity contribution in [2.75, 3.05) is 6.61 Å². The highest BCUT2D eigenvalue weighted by atomic mass is 35.5. The number of ether oxygens (including phenoxy) is 1. The molecule has 0 radical (unpaired) electrons. The summed E-state index contributed by atoms with van der Waals surface area (Å²) in [5.41, 5.74) is 6.61. The average Bonchev–Trinajstić information content (AvgIpc) is 3.24. The molecule has 170 valence electrons. The van der Waals surface area contributed by atoms with E-state index in [0.717, 1.165) is 28.2 Å². The van der Waals surface area contributed by atoms with E-state index >= 15 is 0 Å². The van der Waals surface area contributed by atoms with Gasteiger partial charge in [0, 0.05) is 35.8 Å². The van der Waals surface area contributed by atoms with Gasteiger partial charge >= 0.3 is 5.97 Å². The number of nitrogens with zero attached hydrogens (tertiary/aromatic N) is 6. The second kappa shape index (κ2) is 9.15. The van der Waals surface area contributed by atoms with Crippen LogP contribution in [0.25, 0.3) is 17.1 Å². The maximum atomic E-state index is 12.3. The number of hydrogen-bond donors (Lipinski definition) is 0. The fourth-order valence-corrected chi connectivity index (χ4v) is 4.05. The molecular formula is C24H25ClN6O2. The van der Waals surface area contributed by atoms with E-state index in [1.165, 1.54) is 6.33 Å². The van der Waals surface area contributed by atoms with E-state index in [2.05, 4.69) is 22.0 Å². The summed E-state index contributed by atoms with van der Waals surface area (Å²) in [5.74, 6) is 0.210. The standard InChI is InChI=1S/C24H25ClN6O2/c1-6-33-24(32)22-15(3)28-31(16(22)4)21-12-19(26-13-27-21)11-20-14(2)23(29-30(20)5)17-7-9-18(25)10-8-17/h7-10,12-13H,6,11H2,1-5H3. The van der Waals surface area contributed by atoms with E-state index in [9.17, 15) is 4.79 Å². The Morgan fingerprint density at radius 3 is 2.52 bits per heavy atom. The maximum Gasteiger partial charge on any atom is 0.341 e. The van der Waals surface area contributed by atoms with Crippen LogP contribution >= 0.6 is 11.6 Å². The van der Waals surface area contributed by atoms with E-state index in [1.54, 1.807) is 18.5 Å². The van der Waals surface area contributed by atoms with Crippen molar-refractivity contribution in [1.82, 2.24) is 29.5 Å². The van der Waals surface area contributed by atoms with Gasteiger partial charge in [-0.2, -0.15) is 10.2 Å². The maximum absolute atomic E-state index is 12.3. The first-order valence-electron chi connectivity index (χ1n) is 10.6. The molecule has 0 spiro atoms. The molecule has 3 heterocycles. The molecule has 0 aliphatic rings. The Morgan fingerprint density at radius 2 is 1.82 bits per heavy atom. The zero-order valence-corrected chi connectivity index (χ0v) is 20.0. The van der Waals surface area contributed by atoms with Gasteiger partial charge in [0.2, 0.25) is 0 Å². The highest BCUT2D eigenvalue weighted by Gasteiger charge is 2.21. The van der Waals surface area contributed by atoms with Crippen molar-refractivity contribution in [1.29, 1.82) is 0 Å². The molecule has 0 aliphatic heterocycles. The van der Waals surface area contributed by atoms with Crippen molar-refractivity contribution in [2.24, 2.45) is 7.05 Å². The Labute approximate surface area is 197 Å². The number of halogens is 1. The molecule has 4 aromatic rings. The van der Waals surface area contributed by atoms with Crippen LogP contribution in [0.1, 0.15) is 45.6 Å². The highest BCUT2D eigenvalue weighted by molar-refractivity contribution is 6.30. The number of aromatic nitrogens is 6. The minimum Gasteiger partial charge on any atom is -0.462 e. The quantitative estimate of drug-likeness (QED) is 0.393. The Balaban J connectivity index is 1.66. The van der Waals surface area contributed by atoms with Gasteiger partial charge in [-0.3, -0.25) is 4.68 Å². The van der Waals surface area contributed by atoms with Gasteiger partial charge in [0.15, 0.2) is 5.82 Å². The van der Waals surface area contributed by atoms with Gasteiger partial charge in [-0.25, -0.2) is 19.4 Å². The van der Waals surface area contributed by atoms with Crippen molar-refractivity contribution in [3.63, 3.8) is 0 Å². The van der Waals surface area contributed by atoms with Crippen molar-refractivity contribution in [3.8, 4) is 17.1 Å². The van der Waals surface area contributed by atoms with Crippen LogP contribution in [-0.4, -0.2) is 42.1 Å². The third-order valence-corrected chi connectivity index (χ3v) is 5.84. The Bertz CT molecular complexity index is 1320. The SMILES string of the molecule is CCOC(=O)c1c(C)nn(-c2cc(Cc3c(C)c(-c4ccc(Cl)cc4)nn3C)ncn2)c1C. The molecule has 0 saturated heterocycles. The number of benzene rings is 1. The van der Waals surface area contributed by atoms with Gasteiger partial charge in [-0.15, -0.1) is 0 Å². The summed E-state index contributed by atoms with van der Waals surface area (Å²) < 4.78 is 8.70. The van der Waals surface area contributed by atoms with Crippen LogP contribution in [0.2, 0.25) is 5.02 Å². The van der Waals surface area contributed by atoms with Gasteiger partial charge in [0.1, 0.15) is 11.9 Å². The summed E-state index contributed by atoms with van der Waals surface area (Å²) in [6.07, 6.45) is 2.08. The molecule has 8 nitrogen and oxygen atoms in total. The van der Waals surface area contributed by atoms with Crippen molar-refractivity contribution < 1.29 is 9.53 Å². The summed E-state index contributed by atoms with van der Waals surface area (Å²) >= 11 is 6.03. The molecule has 0 atom stereocenters. The smallest absolute Gasteiger partial charge is 0.341 e. The number of carbonyl (C=O) groups is 1. The van der Waals surface area contributed by atoms with E-state index in [-0.39, 0.29) is 5.97 Å². The van der Waals surface area contributed by atoms with Crippen molar-refractivity contribution in [2.45, 2.75) is 34.1 Å². The summed E-state index contributed by atoms with van der Waals surface area (Å²) in [6.45, 7) is 7.76. The molecule has 0 bridgehead atoms. The van der Waals surface area contributed by atoms with E-state index in [1.807, 2.05) is 49.0 Å². The van der Waals surface area contributed by atoms with Gasteiger partial charge in [0.05, 0.1) is 29.4 Å². The third kappa shape index (κ3) is 4.39. The molecular weight excluding hydrogens is 440 g/mol. The lowest BCUT2D eigenvalue weighted by Gasteiger charge is -2.07. The number of hydrogen-bond acceptors (Lipinski definition) is 6. The summed E-state index contributed by atoms with van der Waals surface area (Å²) in [4.78, 5) is 21.2. The molecule has 3 aromatic heterocycles. The monoisotopic (exact) mass is 464 g/mol. The Hall–Kier alpha value is -3.52. The van der Waals surface area contributed by atoms with Crippen LogP contribution in [-0.2, 0) is 18.2 Å². The molecule has 0 saturated carbocycles. The predicted octanol–water partition coefficient (Wildman–Crippen LogP) is 4.41. The molecule has 0 fully saturated rings. The van der Waals surface area contributed by atoms with Crippen LogP contribution in [0.15, 0.2) is 36.7 Å². The van der Waals surface area contributed by atoms with E-state index in [4.69, 9.17) is 21.4 Å². The largest absolute Gasteiger partial charge is 0.462 e. The van der Waals surface area contributed by atoms with Crippen molar-refractivity contribution >= 4 is 17.6 Å².